The summed E-state index contributed by atoms with van der Waals surface area (Å²) < 4.78 is 2.94. The Morgan fingerprint density at radius 2 is 1.80 bits per heavy atom. The number of nitrogens with zero attached hydrogens (tertiary/aromatic N) is 1. The van der Waals surface area contributed by atoms with Crippen LogP contribution in [0.15, 0.2) is 59.1 Å². The molecule has 0 unspecified atom stereocenters. The van der Waals surface area contributed by atoms with Crippen LogP contribution in [0.4, 0.5) is 0 Å². The van der Waals surface area contributed by atoms with Gasteiger partial charge in [-0.05, 0) is 23.3 Å². The van der Waals surface area contributed by atoms with E-state index >= 15 is 0 Å². The van der Waals surface area contributed by atoms with Crippen LogP contribution in [-0.2, 0) is 13.1 Å². The van der Waals surface area contributed by atoms with Crippen molar-refractivity contribution in [2.24, 2.45) is 0 Å². The summed E-state index contributed by atoms with van der Waals surface area (Å²) in [7, 11) is 0. The number of halogens is 2. The molecule has 2 aromatic carbocycles. The van der Waals surface area contributed by atoms with E-state index in [1.54, 1.807) is 0 Å². The maximum absolute atomic E-state index is 3.46. The van der Waals surface area contributed by atoms with Gasteiger partial charge in [0.2, 0.25) is 0 Å². The summed E-state index contributed by atoms with van der Waals surface area (Å²) >= 11 is 6.92. The quantitative estimate of drug-likeness (QED) is 0.421. The van der Waals surface area contributed by atoms with Gasteiger partial charge in [0.15, 0.2) is 0 Å². The van der Waals surface area contributed by atoms with Crippen LogP contribution in [0.2, 0.25) is 0 Å². The van der Waals surface area contributed by atoms with E-state index < -0.39 is 0 Å². The fourth-order valence-electron chi connectivity index (χ4n) is 1.72. The third-order valence-corrected chi connectivity index (χ3v) is 3.61. The lowest BCUT2D eigenvalue weighted by molar-refractivity contribution is 0.569. The number of rotatable bonds is 7. The third kappa shape index (κ3) is 5.75. The van der Waals surface area contributed by atoms with Gasteiger partial charge in [0.1, 0.15) is 0 Å². The van der Waals surface area contributed by atoms with Crippen LogP contribution < -0.4 is 5.32 Å². The number of nitrogens with one attached hydrogen (secondary N) is 1. The highest BCUT2D eigenvalue weighted by molar-refractivity contribution is 9.10. The molecule has 0 spiro atoms. The molecule has 1 N–H and O–H groups in total. The minimum absolute atomic E-state index is 0.774. The van der Waals surface area contributed by atoms with Gasteiger partial charge in [-0.3, -0.25) is 0 Å². The van der Waals surface area contributed by atoms with Crippen LogP contribution in [0.1, 0.15) is 11.1 Å². The van der Waals surface area contributed by atoms with Gasteiger partial charge in [-0.1, -0.05) is 58.4 Å². The first kappa shape index (κ1) is 15.7. The molecule has 4 heteroatoms. The van der Waals surface area contributed by atoms with Crippen molar-refractivity contribution in [3.8, 4) is 0 Å². The van der Waals surface area contributed by atoms with E-state index in [1.165, 1.54) is 11.1 Å². The molecule has 103 valence electrons. The highest BCUT2D eigenvalue weighted by atomic mass is 79.9. The van der Waals surface area contributed by atoms with Crippen LogP contribution in [0.25, 0.3) is 0 Å². The standard InChI is InChI=1S/C16H15Br2N2/c17-16-8-4-7-15(11-16)12-19-9-10-20(18)13-14-5-2-1-3-6-14/h1-9,11,19H,12-13H2. The molecule has 0 aliphatic carbocycles. The van der Waals surface area contributed by atoms with Crippen LogP contribution >= 0.6 is 32.1 Å². The molecular formula is C16H15Br2N2. The molecule has 0 bridgehead atoms. The first-order valence-corrected chi connectivity index (χ1v) is 7.77. The zero-order valence-corrected chi connectivity index (χ0v) is 14.1. The molecule has 0 saturated carbocycles. The van der Waals surface area contributed by atoms with E-state index in [-0.39, 0.29) is 0 Å². The minimum Gasteiger partial charge on any atom is -0.306 e. The molecule has 2 aromatic rings. The van der Waals surface area contributed by atoms with Gasteiger partial charge < -0.3 is 5.32 Å². The van der Waals surface area contributed by atoms with Gasteiger partial charge in [-0.15, -0.1) is 0 Å². The summed E-state index contributed by atoms with van der Waals surface area (Å²) in [5, 5.41) is 3.22. The van der Waals surface area contributed by atoms with Crippen molar-refractivity contribution in [1.29, 1.82) is 0 Å². The summed E-state index contributed by atoms with van der Waals surface area (Å²) in [5.41, 5.74) is 2.46. The van der Waals surface area contributed by atoms with Gasteiger partial charge in [-0.2, -0.15) is 0 Å². The number of benzene rings is 2. The smallest absolute Gasteiger partial charge is 0.0943 e. The molecule has 0 aliphatic heterocycles. The van der Waals surface area contributed by atoms with Crippen LogP contribution in [0.5, 0.6) is 0 Å². The Balaban J connectivity index is 1.66. The molecular weight excluding hydrogens is 380 g/mol. The minimum atomic E-state index is 0.774. The zero-order valence-electron chi connectivity index (χ0n) is 10.9. The Kier molecular flexibility index (Phi) is 6.73. The lowest BCUT2D eigenvalue weighted by atomic mass is 10.2. The second-order valence-corrected chi connectivity index (χ2v) is 6.06. The molecule has 20 heavy (non-hydrogen) atoms. The summed E-state index contributed by atoms with van der Waals surface area (Å²) in [6.07, 6.45) is 0. The second-order valence-electron chi connectivity index (χ2n) is 4.29. The van der Waals surface area contributed by atoms with Gasteiger partial charge in [-0.25, -0.2) is 3.93 Å². The molecule has 0 aliphatic rings. The van der Waals surface area contributed by atoms with E-state index in [4.69, 9.17) is 0 Å². The Bertz CT molecular complexity index is 517. The average molecular weight is 395 g/mol. The van der Waals surface area contributed by atoms with E-state index in [1.807, 2.05) is 40.8 Å². The van der Waals surface area contributed by atoms with E-state index in [2.05, 4.69) is 68.2 Å². The Hall–Kier alpha value is -0.680. The number of hydrogen-bond donors (Lipinski definition) is 1. The molecule has 0 amide bonds. The largest absolute Gasteiger partial charge is 0.306 e. The van der Waals surface area contributed by atoms with Crippen molar-refractivity contribution in [3.05, 3.63) is 83.3 Å². The molecule has 0 fully saturated rings. The van der Waals surface area contributed by atoms with Crippen molar-refractivity contribution < 1.29 is 0 Å². The first-order valence-electron chi connectivity index (χ1n) is 6.27. The lowest BCUT2D eigenvalue weighted by Crippen LogP contribution is -2.16. The van der Waals surface area contributed by atoms with Crippen molar-refractivity contribution in [2.75, 3.05) is 0 Å². The predicted molar refractivity (Wildman–Crippen MR) is 89.4 cm³/mol. The normalized spacial score (nSPS) is 10.9. The zero-order chi connectivity index (χ0) is 14.2. The summed E-state index contributed by atoms with van der Waals surface area (Å²) in [6.45, 7) is 6.49. The SMILES string of the molecule is Brc1cccc(CN[CH][C]N(Br)Cc2ccccc2)c1. The Morgan fingerprint density at radius 3 is 2.55 bits per heavy atom. The fraction of sp³-hybridized carbons (Fsp3) is 0.125. The van der Waals surface area contributed by atoms with Crippen LogP contribution in [-0.4, -0.2) is 3.93 Å². The molecule has 0 aromatic heterocycles. The van der Waals surface area contributed by atoms with Gasteiger partial charge in [0.25, 0.3) is 0 Å². The van der Waals surface area contributed by atoms with Gasteiger partial charge >= 0.3 is 0 Å². The third-order valence-electron chi connectivity index (χ3n) is 2.67. The van der Waals surface area contributed by atoms with Crippen LogP contribution in [0, 0.1) is 13.1 Å². The molecule has 0 saturated heterocycles. The monoisotopic (exact) mass is 393 g/mol. The molecule has 0 heterocycles. The molecule has 2 nitrogen and oxygen atoms in total. The van der Waals surface area contributed by atoms with Crippen molar-refractivity contribution in [3.63, 3.8) is 0 Å². The van der Waals surface area contributed by atoms with E-state index in [0.717, 1.165) is 17.6 Å². The van der Waals surface area contributed by atoms with Crippen molar-refractivity contribution >= 4 is 32.1 Å². The van der Waals surface area contributed by atoms with Crippen LogP contribution in [0.3, 0.4) is 0 Å². The van der Waals surface area contributed by atoms with Crippen molar-refractivity contribution in [1.82, 2.24) is 9.24 Å². The highest BCUT2D eigenvalue weighted by Gasteiger charge is 2.03. The van der Waals surface area contributed by atoms with Crippen molar-refractivity contribution in [2.45, 2.75) is 13.1 Å². The lowest BCUT2D eigenvalue weighted by Gasteiger charge is -2.13. The molecule has 0 atom stereocenters. The summed E-state index contributed by atoms with van der Waals surface area (Å²) in [4.78, 5) is 0. The summed E-state index contributed by atoms with van der Waals surface area (Å²) in [6, 6.07) is 18.5. The predicted octanol–water partition coefficient (Wildman–Crippen LogP) is 4.55. The topological polar surface area (TPSA) is 15.3 Å². The molecule has 3 radical (unpaired) electrons. The van der Waals surface area contributed by atoms with Gasteiger partial charge in [0.05, 0.1) is 6.54 Å². The highest BCUT2D eigenvalue weighted by Crippen LogP contribution is 2.13. The maximum atomic E-state index is 3.46. The molecule has 2 rings (SSSR count). The second kappa shape index (κ2) is 8.57. The Labute approximate surface area is 137 Å². The fourth-order valence-corrected chi connectivity index (χ4v) is 2.56. The average Bonchev–Trinajstić information content (AvgIpc) is 2.45. The van der Waals surface area contributed by atoms with E-state index in [0.29, 0.717) is 0 Å². The summed E-state index contributed by atoms with van der Waals surface area (Å²) in [5.74, 6) is 0. The van der Waals surface area contributed by atoms with E-state index in [9.17, 15) is 0 Å². The maximum Gasteiger partial charge on any atom is 0.0943 e. The first-order chi connectivity index (χ1) is 9.74. The number of hydrogen-bond acceptors (Lipinski definition) is 2. The Morgan fingerprint density at radius 1 is 1.05 bits per heavy atom. The van der Waals surface area contributed by atoms with Gasteiger partial charge in [0, 0.05) is 40.3 Å².